The summed E-state index contributed by atoms with van der Waals surface area (Å²) < 4.78 is 30.8. The van der Waals surface area contributed by atoms with Crippen LogP contribution in [0.15, 0.2) is 22.9 Å². The number of ether oxygens (including phenoxy) is 1. The zero-order chi connectivity index (χ0) is 15.6. The molecule has 0 aromatic carbocycles. The minimum absolute atomic E-state index is 0.0915. The van der Waals surface area contributed by atoms with Gasteiger partial charge in [0, 0.05) is 11.8 Å². The largest absolute Gasteiger partial charge is 0.393 e. The van der Waals surface area contributed by atoms with Crippen molar-refractivity contribution in [3.8, 4) is 12.1 Å². The first-order chi connectivity index (χ1) is 10.0. The average molecular weight is 299 g/mol. The summed E-state index contributed by atoms with van der Waals surface area (Å²) in [5.74, 6) is 1.71. The highest BCUT2D eigenvalue weighted by Gasteiger charge is 2.40. The molecule has 112 valence electrons. The zero-order valence-electron chi connectivity index (χ0n) is 10.5. The maximum Gasteiger partial charge on any atom is 0.351 e. The standard InChI is InChI=1S/C12H11F2N3O4/c13-2-1-6-4-17(12(20)16-10(6)15)11-9(19)7(3-14)8(5-18)21-11/h3-4,8-9,11,18-19H,5H2,(H2,15,16,20)/b7-3-. The van der Waals surface area contributed by atoms with Crippen LogP contribution in [0.5, 0.6) is 0 Å². The summed E-state index contributed by atoms with van der Waals surface area (Å²) in [6.07, 6.45) is -1.69. The van der Waals surface area contributed by atoms with E-state index in [9.17, 15) is 18.7 Å². The Balaban J connectivity index is 2.49. The van der Waals surface area contributed by atoms with Crippen LogP contribution in [0, 0.1) is 12.1 Å². The molecule has 1 aliphatic heterocycles. The van der Waals surface area contributed by atoms with Crippen LogP contribution in [0.3, 0.4) is 0 Å². The number of nitrogen functional groups attached to an aromatic ring is 1. The Labute approximate surface area is 117 Å². The fourth-order valence-electron chi connectivity index (χ4n) is 1.99. The van der Waals surface area contributed by atoms with Crippen molar-refractivity contribution in [2.24, 2.45) is 0 Å². The van der Waals surface area contributed by atoms with E-state index in [2.05, 4.69) is 4.98 Å². The normalized spacial score (nSPS) is 26.7. The van der Waals surface area contributed by atoms with E-state index in [0.717, 1.165) is 16.9 Å². The van der Waals surface area contributed by atoms with E-state index < -0.39 is 30.7 Å². The Morgan fingerprint density at radius 1 is 1.62 bits per heavy atom. The van der Waals surface area contributed by atoms with E-state index >= 15 is 0 Å². The Hall–Kier alpha value is -2.28. The number of hydrogen-bond acceptors (Lipinski definition) is 6. The van der Waals surface area contributed by atoms with E-state index in [1.807, 2.05) is 5.92 Å². The van der Waals surface area contributed by atoms with Gasteiger partial charge < -0.3 is 20.7 Å². The highest BCUT2D eigenvalue weighted by atomic mass is 19.1. The van der Waals surface area contributed by atoms with Crippen LogP contribution in [0.4, 0.5) is 14.6 Å². The number of aliphatic hydroxyl groups is 2. The molecule has 1 saturated heterocycles. The third-order valence-corrected chi connectivity index (χ3v) is 3.02. The van der Waals surface area contributed by atoms with Crippen molar-refractivity contribution >= 4 is 5.82 Å². The first kappa shape index (κ1) is 15.1. The topological polar surface area (TPSA) is 111 Å². The van der Waals surface area contributed by atoms with Crippen molar-refractivity contribution in [2.75, 3.05) is 12.3 Å². The second-order valence-electron chi connectivity index (χ2n) is 4.20. The van der Waals surface area contributed by atoms with Crippen molar-refractivity contribution in [1.29, 1.82) is 0 Å². The van der Waals surface area contributed by atoms with Crippen LogP contribution in [0.25, 0.3) is 0 Å². The Morgan fingerprint density at radius 3 is 2.86 bits per heavy atom. The second-order valence-corrected chi connectivity index (χ2v) is 4.20. The number of rotatable bonds is 2. The molecule has 1 aliphatic rings. The predicted octanol–water partition coefficient (Wildman–Crippen LogP) is -0.792. The van der Waals surface area contributed by atoms with Gasteiger partial charge in [0.25, 0.3) is 0 Å². The quantitative estimate of drug-likeness (QED) is 0.617. The molecule has 1 fully saturated rings. The monoisotopic (exact) mass is 299 g/mol. The molecule has 0 aliphatic carbocycles. The number of anilines is 1. The van der Waals surface area contributed by atoms with E-state index in [4.69, 9.17) is 15.6 Å². The molecular weight excluding hydrogens is 288 g/mol. The highest BCUT2D eigenvalue weighted by Crippen LogP contribution is 2.32. The zero-order valence-corrected chi connectivity index (χ0v) is 10.5. The summed E-state index contributed by atoms with van der Waals surface area (Å²) in [5, 5.41) is 19.0. The van der Waals surface area contributed by atoms with Gasteiger partial charge in [-0.05, 0) is 5.92 Å². The lowest BCUT2D eigenvalue weighted by Gasteiger charge is -2.17. The second kappa shape index (κ2) is 6.01. The van der Waals surface area contributed by atoms with Crippen molar-refractivity contribution in [2.45, 2.75) is 18.4 Å². The Bertz CT molecular complexity index is 692. The third-order valence-electron chi connectivity index (χ3n) is 3.02. The molecule has 0 spiro atoms. The first-order valence-corrected chi connectivity index (χ1v) is 5.78. The van der Waals surface area contributed by atoms with Gasteiger partial charge in [-0.1, -0.05) is 0 Å². The van der Waals surface area contributed by atoms with E-state index in [0.29, 0.717) is 0 Å². The number of nitrogens with zero attached hydrogens (tertiary/aromatic N) is 2. The van der Waals surface area contributed by atoms with Crippen LogP contribution in [0.2, 0.25) is 0 Å². The molecule has 0 amide bonds. The minimum atomic E-state index is -1.51. The molecule has 7 nitrogen and oxygen atoms in total. The van der Waals surface area contributed by atoms with Crippen molar-refractivity contribution in [3.63, 3.8) is 0 Å². The molecular formula is C12H11F2N3O4. The molecule has 0 bridgehead atoms. The van der Waals surface area contributed by atoms with Gasteiger partial charge in [-0.3, -0.25) is 4.57 Å². The number of aliphatic hydroxyl groups excluding tert-OH is 2. The SMILES string of the molecule is Nc1nc(=O)n(C2OC(CO)/C(=C/F)C2O)cc1C#CF. The van der Waals surface area contributed by atoms with Gasteiger partial charge in [-0.25, -0.2) is 9.18 Å². The molecule has 3 atom stereocenters. The van der Waals surface area contributed by atoms with E-state index in [-0.39, 0.29) is 23.3 Å². The molecule has 2 rings (SSSR count). The van der Waals surface area contributed by atoms with E-state index in [1.165, 1.54) is 0 Å². The van der Waals surface area contributed by atoms with Gasteiger partial charge in [-0.15, -0.1) is 4.39 Å². The van der Waals surface area contributed by atoms with Gasteiger partial charge in [0.2, 0.25) is 0 Å². The summed E-state index contributed by atoms with van der Waals surface area (Å²) in [4.78, 5) is 15.2. The molecule has 3 unspecified atom stereocenters. The van der Waals surface area contributed by atoms with Gasteiger partial charge >= 0.3 is 5.69 Å². The van der Waals surface area contributed by atoms with Gasteiger partial charge in [0.15, 0.2) is 6.23 Å². The Kier molecular flexibility index (Phi) is 4.32. The predicted molar refractivity (Wildman–Crippen MR) is 67.1 cm³/mol. The molecule has 21 heavy (non-hydrogen) atoms. The highest BCUT2D eigenvalue weighted by molar-refractivity contribution is 5.48. The number of aromatic nitrogens is 2. The van der Waals surface area contributed by atoms with Gasteiger partial charge in [0.1, 0.15) is 24.2 Å². The molecule has 1 aromatic heterocycles. The summed E-state index contributed by atoms with van der Waals surface area (Å²) in [6.45, 7) is -0.586. The molecule has 9 heteroatoms. The maximum atomic E-state index is 12.7. The third kappa shape index (κ3) is 2.64. The smallest absolute Gasteiger partial charge is 0.351 e. The fraction of sp³-hybridized carbons (Fsp3) is 0.333. The molecule has 1 aromatic rings. The lowest BCUT2D eigenvalue weighted by atomic mass is 10.1. The fourth-order valence-corrected chi connectivity index (χ4v) is 1.99. The number of halogens is 2. The van der Waals surface area contributed by atoms with Crippen LogP contribution in [-0.2, 0) is 4.74 Å². The van der Waals surface area contributed by atoms with E-state index in [1.54, 1.807) is 0 Å². The van der Waals surface area contributed by atoms with Gasteiger partial charge in [0.05, 0.1) is 18.5 Å². The lowest BCUT2D eigenvalue weighted by molar-refractivity contribution is -0.0527. The minimum Gasteiger partial charge on any atom is -0.393 e. The summed E-state index contributed by atoms with van der Waals surface area (Å²) in [5.41, 5.74) is 4.21. The summed E-state index contributed by atoms with van der Waals surface area (Å²) in [7, 11) is 0. The van der Waals surface area contributed by atoms with Crippen LogP contribution >= 0.6 is 0 Å². The Morgan fingerprint density at radius 2 is 2.33 bits per heavy atom. The van der Waals surface area contributed by atoms with Crippen LogP contribution < -0.4 is 11.4 Å². The lowest BCUT2D eigenvalue weighted by Crippen LogP contribution is -2.33. The first-order valence-electron chi connectivity index (χ1n) is 5.78. The number of nitrogens with two attached hydrogens (primary N) is 1. The van der Waals surface area contributed by atoms with Crippen LogP contribution in [-0.4, -0.2) is 38.6 Å². The van der Waals surface area contributed by atoms with Crippen molar-refractivity contribution in [1.82, 2.24) is 9.55 Å². The van der Waals surface area contributed by atoms with Crippen molar-refractivity contribution in [3.05, 3.63) is 34.1 Å². The molecule has 4 N–H and O–H groups in total. The average Bonchev–Trinajstić information content (AvgIpc) is 2.78. The number of hydrogen-bond donors (Lipinski definition) is 3. The molecule has 0 saturated carbocycles. The molecule has 0 radical (unpaired) electrons. The summed E-state index contributed by atoms with van der Waals surface area (Å²) >= 11 is 0. The van der Waals surface area contributed by atoms with Gasteiger partial charge in [-0.2, -0.15) is 4.98 Å². The maximum absolute atomic E-state index is 12.7. The van der Waals surface area contributed by atoms with Crippen molar-refractivity contribution < 1.29 is 23.7 Å². The van der Waals surface area contributed by atoms with Crippen LogP contribution in [0.1, 0.15) is 11.8 Å². The summed E-state index contributed by atoms with van der Waals surface area (Å²) in [6, 6.07) is 0. The molecule has 2 heterocycles.